The third-order valence-electron chi connectivity index (χ3n) is 2.94. The number of hydrogen-bond acceptors (Lipinski definition) is 2. The number of aryl methyl sites for hydroxylation is 1. The van der Waals surface area contributed by atoms with E-state index in [9.17, 15) is 4.39 Å². The first-order valence-electron chi connectivity index (χ1n) is 6.37. The van der Waals surface area contributed by atoms with Gasteiger partial charge in [0, 0.05) is 15.3 Å². The Kier molecular flexibility index (Phi) is 5.13. The van der Waals surface area contributed by atoms with E-state index < -0.39 is 0 Å². The number of thiophene rings is 1. The first-order valence-corrected chi connectivity index (χ1v) is 7.98. The summed E-state index contributed by atoms with van der Waals surface area (Å²) in [6, 6.07) is 9.54. The average molecular weight is 342 g/mol. The molecule has 4 heteroatoms. The van der Waals surface area contributed by atoms with Crippen LogP contribution in [-0.2, 0) is 0 Å². The van der Waals surface area contributed by atoms with Crippen LogP contribution in [0.3, 0.4) is 0 Å². The monoisotopic (exact) mass is 341 g/mol. The zero-order valence-electron chi connectivity index (χ0n) is 11.0. The second-order valence-electron chi connectivity index (χ2n) is 4.48. The first kappa shape index (κ1) is 14.7. The van der Waals surface area contributed by atoms with Gasteiger partial charge in [-0.15, -0.1) is 11.3 Å². The van der Waals surface area contributed by atoms with Gasteiger partial charge in [0.1, 0.15) is 5.82 Å². The Morgan fingerprint density at radius 2 is 2.11 bits per heavy atom. The lowest BCUT2D eigenvalue weighted by atomic mass is 10.0. The predicted molar refractivity (Wildman–Crippen MR) is 83.3 cm³/mol. The third-order valence-corrected chi connectivity index (χ3v) is 4.61. The van der Waals surface area contributed by atoms with Crippen molar-refractivity contribution < 1.29 is 4.39 Å². The molecular weight excluding hydrogens is 325 g/mol. The van der Waals surface area contributed by atoms with Crippen molar-refractivity contribution in [1.29, 1.82) is 0 Å². The van der Waals surface area contributed by atoms with Gasteiger partial charge in [0.2, 0.25) is 0 Å². The van der Waals surface area contributed by atoms with Crippen LogP contribution < -0.4 is 5.32 Å². The van der Waals surface area contributed by atoms with Crippen molar-refractivity contribution in [2.45, 2.75) is 26.3 Å². The third kappa shape index (κ3) is 3.44. The molecule has 1 aromatic heterocycles. The van der Waals surface area contributed by atoms with Crippen LogP contribution >= 0.6 is 27.3 Å². The number of rotatable bonds is 5. The smallest absolute Gasteiger partial charge is 0.142 e. The minimum atomic E-state index is -0.179. The lowest BCUT2D eigenvalue weighted by Crippen LogP contribution is -2.23. The van der Waals surface area contributed by atoms with E-state index in [0.29, 0.717) is 10.0 Å². The van der Waals surface area contributed by atoms with Gasteiger partial charge in [-0.25, -0.2) is 4.39 Å². The van der Waals surface area contributed by atoms with Gasteiger partial charge in [0.25, 0.3) is 0 Å². The second kappa shape index (κ2) is 6.64. The molecule has 0 saturated carbocycles. The van der Waals surface area contributed by atoms with Gasteiger partial charge in [-0.1, -0.05) is 19.1 Å². The van der Waals surface area contributed by atoms with Gasteiger partial charge in [-0.2, -0.15) is 0 Å². The second-order valence-corrected chi connectivity index (χ2v) is 6.65. The molecule has 1 nitrogen and oxygen atoms in total. The fraction of sp³-hybridized carbons (Fsp3) is 0.333. The van der Waals surface area contributed by atoms with Crippen molar-refractivity contribution in [1.82, 2.24) is 5.32 Å². The summed E-state index contributed by atoms with van der Waals surface area (Å²) in [6.07, 6.45) is 1.02. The Hall–Kier alpha value is -0.710. The van der Waals surface area contributed by atoms with Gasteiger partial charge in [0.15, 0.2) is 0 Å². The molecule has 102 valence electrons. The molecule has 2 rings (SSSR count). The highest BCUT2D eigenvalue weighted by molar-refractivity contribution is 9.10. The van der Waals surface area contributed by atoms with Crippen molar-refractivity contribution in [3.63, 3.8) is 0 Å². The number of benzene rings is 1. The summed E-state index contributed by atoms with van der Waals surface area (Å²) in [5.41, 5.74) is 0.699. The summed E-state index contributed by atoms with van der Waals surface area (Å²) in [4.78, 5) is 2.40. The van der Waals surface area contributed by atoms with E-state index in [0.717, 1.165) is 17.8 Å². The summed E-state index contributed by atoms with van der Waals surface area (Å²) >= 11 is 4.97. The van der Waals surface area contributed by atoms with Crippen molar-refractivity contribution in [3.05, 3.63) is 55.9 Å². The Morgan fingerprint density at radius 3 is 2.74 bits per heavy atom. The van der Waals surface area contributed by atoms with E-state index in [1.807, 2.05) is 12.1 Å². The quantitative estimate of drug-likeness (QED) is 0.802. The molecule has 1 N–H and O–H groups in total. The summed E-state index contributed by atoms with van der Waals surface area (Å²) < 4.78 is 14.8. The van der Waals surface area contributed by atoms with Crippen LogP contribution in [0, 0.1) is 12.7 Å². The van der Waals surface area contributed by atoms with E-state index in [1.54, 1.807) is 17.4 Å². The zero-order chi connectivity index (χ0) is 13.8. The van der Waals surface area contributed by atoms with Crippen LogP contribution in [0.5, 0.6) is 0 Å². The van der Waals surface area contributed by atoms with E-state index in [1.165, 1.54) is 4.88 Å². The standard InChI is InChI=1S/C15H17BrFNS/c1-3-9-18-15(13-8-7-10(2)19-13)11-5-4-6-12(16)14(11)17/h4-8,15,18H,3,9H2,1-2H3. The van der Waals surface area contributed by atoms with Crippen molar-refractivity contribution in [2.24, 2.45) is 0 Å². The minimum absolute atomic E-state index is 0.0730. The Balaban J connectivity index is 2.39. The lowest BCUT2D eigenvalue weighted by molar-refractivity contribution is 0.547. The predicted octanol–water partition coefficient (Wildman–Crippen LogP) is 5.05. The van der Waals surface area contributed by atoms with Gasteiger partial charge < -0.3 is 5.32 Å². The van der Waals surface area contributed by atoms with Gasteiger partial charge in [-0.05, 0) is 54.0 Å². The molecule has 0 spiro atoms. The van der Waals surface area contributed by atoms with E-state index in [-0.39, 0.29) is 11.9 Å². The maximum atomic E-state index is 14.3. The maximum absolute atomic E-state index is 14.3. The molecular formula is C15H17BrFNS. The summed E-state index contributed by atoms with van der Waals surface area (Å²) in [5.74, 6) is -0.179. The summed E-state index contributed by atoms with van der Waals surface area (Å²) in [7, 11) is 0. The minimum Gasteiger partial charge on any atom is -0.306 e. The van der Waals surface area contributed by atoms with Crippen molar-refractivity contribution in [2.75, 3.05) is 6.54 Å². The van der Waals surface area contributed by atoms with Crippen LogP contribution in [0.4, 0.5) is 4.39 Å². The summed E-state index contributed by atoms with van der Waals surface area (Å²) in [6.45, 7) is 5.05. The lowest BCUT2D eigenvalue weighted by Gasteiger charge is -2.19. The number of nitrogens with one attached hydrogen (secondary N) is 1. The highest BCUT2D eigenvalue weighted by atomic mass is 79.9. The molecule has 2 aromatic rings. The fourth-order valence-corrected chi connectivity index (χ4v) is 3.36. The molecule has 0 fully saturated rings. The molecule has 0 aliphatic carbocycles. The summed E-state index contributed by atoms with van der Waals surface area (Å²) in [5, 5.41) is 3.43. The molecule has 1 aromatic carbocycles. The molecule has 1 atom stereocenters. The fourth-order valence-electron chi connectivity index (χ4n) is 2.00. The van der Waals surface area contributed by atoms with Crippen LogP contribution in [0.25, 0.3) is 0 Å². The molecule has 19 heavy (non-hydrogen) atoms. The Bertz CT molecular complexity index is 553. The van der Waals surface area contributed by atoms with Gasteiger partial charge >= 0.3 is 0 Å². The number of halogens is 2. The topological polar surface area (TPSA) is 12.0 Å². The SMILES string of the molecule is CCCNC(c1ccc(C)s1)c1cccc(Br)c1F. The van der Waals surface area contributed by atoms with Crippen molar-refractivity contribution >= 4 is 27.3 Å². The molecule has 0 saturated heterocycles. The van der Waals surface area contributed by atoms with Gasteiger partial charge in [-0.3, -0.25) is 0 Å². The molecule has 0 radical (unpaired) electrons. The first-order chi connectivity index (χ1) is 9.13. The number of hydrogen-bond donors (Lipinski definition) is 1. The van der Waals surface area contributed by atoms with E-state index in [4.69, 9.17) is 0 Å². The normalized spacial score (nSPS) is 12.6. The van der Waals surface area contributed by atoms with Crippen LogP contribution in [-0.4, -0.2) is 6.54 Å². The highest BCUT2D eigenvalue weighted by Gasteiger charge is 2.19. The Labute approximate surface area is 126 Å². The molecule has 0 aliphatic heterocycles. The van der Waals surface area contributed by atoms with Crippen LogP contribution in [0.15, 0.2) is 34.8 Å². The van der Waals surface area contributed by atoms with Crippen LogP contribution in [0.1, 0.15) is 34.7 Å². The highest BCUT2D eigenvalue weighted by Crippen LogP contribution is 2.32. The molecule has 0 bridgehead atoms. The van der Waals surface area contributed by atoms with Gasteiger partial charge in [0.05, 0.1) is 10.5 Å². The van der Waals surface area contributed by atoms with E-state index in [2.05, 4.69) is 47.2 Å². The van der Waals surface area contributed by atoms with E-state index >= 15 is 0 Å². The molecule has 1 unspecified atom stereocenters. The van der Waals surface area contributed by atoms with Crippen LogP contribution in [0.2, 0.25) is 0 Å². The molecule has 0 amide bonds. The van der Waals surface area contributed by atoms with Crippen molar-refractivity contribution in [3.8, 4) is 0 Å². The maximum Gasteiger partial charge on any atom is 0.142 e. The molecule has 1 heterocycles. The Morgan fingerprint density at radius 1 is 1.32 bits per heavy atom. The largest absolute Gasteiger partial charge is 0.306 e. The molecule has 0 aliphatic rings. The zero-order valence-corrected chi connectivity index (χ0v) is 13.4. The average Bonchev–Trinajstić information content (AvgIpc) is 2.81.